The SMILES string of the molecule is CCCCCCC(=O)OC1=CC[C@@](C#N)(c2ccccc2)CC1. The number of unbranched alkanes of at least 4 members (excludes halogenated alkanes) is 3. The molecule has 1 atom stereocenters. The smallest absolute Gasteiger partial charge is 0.310 e. The molecule has 122 valence electrons. The van der Waals surface area contributed by atoms with Crippen LogP contribution in [0.2, 0.25) is 0 Å². The molecule has 1 aliphatic carbocycles. The maximum absolute atomic E-state index is 11.8. The maximum Gasteiger partial charge on any atom is 0.310 e. The van der Waals surface area contributed by atoms with Crippen molar-refractivity contribution >= 4 is 5.97 Å². The van der Waals surface area contributed by atoms with Gasteiger partial charge in [-0.25, -0.2) is 0 Å². The lowest BCUT2D eigenvalue weighted by atomic mass is 9.72. The van der Waals surface area contributed by atoms with E-state index in [1.54, 1.807) is 0 Å². The minimum atomic E-state index is -0.488. The van der Waals surface area contributed by atoms with Crippen LogP contribution >= 0.6 is 0 Å². The molecule has 1 aromatic rings. The number of benzene rings is 1. The van der Waals surface area contributed by atoms with E-state index in [0.717, 1.165) is 37.0 Å². The largest absolute Gasteiger partial charge is 0.431 e. The summed E-state index contributed by atoms with van der Waals surface area (Å²) in [6.07, 6.45) is 8.65. The van der Waals surface area contributed by atoms with Crippen molar-refractivity contribution in [1.82, 2.24) is 0 Å². The van der Waals surface area contributed by atoms with E-state index >= 15 is 0 Å². The van der Waals surface area contributed by atoms with E-state index in [2.05, 4.69) is 13.0 Å². The van der Waals surface area contributed by atoms with Crippen molar-refractivity contribution in [2.75, 3.05) is 0 Å². The van der Waals surface area contributed by atoms with Crippen LogP contribution in [0.15, 0.2) is 42.2 Å². The highest BCUT2D eigenvalue weighted by molar-refractivity contribution is 5.70. The quantitative estimate of drug-likeness (QED) is 0.524. The van der Waals surface area contributed by atoms with Crippen molar-refractivity contribution in [3.05, 3.63) is 47.7 Å². The van der Waals surface area contributed by atoms with Crippen LogP contribution in [0.25, 0.3) is 0 Å². The van der Waals surface area contributed by atoms with Crippen LogP contribution in [-0.4, -0.2) is 5.97 Å². The number of ether oxygens (including phenoxy) is 1. The molecule has 1 aromatic carbocycles. The van der Waals surface area contributed by atoms with Crippen molar-refractivity contribution in [3.63, 3.8) is 0 Å². The van der Waals surface area contributed by atoms with Gasteiger partial charge in [0.1, 0.15) is 5.76 Å². The van der Waals surface area contributed by atoms with Crippen molar-refractivity contribution in [2.24, 2.45) is 0 Å². The van der Waals surface area contributed by atoms with E-state index in [-0.39, 0.29) is 5.97 Å². The molecule has 23 heavy (non-hydrogen) atoms. The Balaban J connectivity index is 1.90. The van der Waals surface area contributed by atoms with E-state index in [1.807, 2.05) is 36.4 Å². The highest BCUT2D eigenvalue weighted by Gasteiger charge is 2.34. The van der Waals surface area contributed by atoms with Gasteiger partial charge >= 0.3 is 5.97 Å². The Morgan fingerprint density at radius 3 is 2.65 bits per heavy atom. The zero-order valence-corrected chi connectivity index (χ0v) is 13.9. The summed E-state index contributed by atoms with van der Waals surface area (Å²) in [7, 11) is 0. The Kier molecular flexibility index (Phi) is 6.40. The van der Waals surface area contributed by atoms with Gasteiger partial charge in [0.25, 0.3) is 0 Å². The first-order valence-corrected chi connectivity index (χ1v) is 8.56. The summed E-state index contributed by atoms with van der Waals surface area (Å²) in [4.78, 5) is 11.8. The Bertz CT molecular complexity index is 585. The number of nitriles is 1. The zero-order chi connectivity index (χ0) is 16.5. The first kappa shape index (κ1) is 17.3. The molecule has 0 bridgehead atoms. The molecule has 0 unspecified atom stereocenters. The van der Waals surface area contributed by atoms with Crippen LogP contribution in [0.4, 0.5) is 0 Å². The summed E-state index contributed by atoms with van der Waals surface area (Å²) >= 11 is 0. The van der Waals surface area contributed by atoms with Crippen LogP contribution < -0.4 is 0 Å². The molecule has 0 saturated carbocycles. The standard InChI is InChI=1S/C20H25NO2/c1-2-3-4-8-11-19(22)23-18-12-14-20(16-21,15-13-18)17-9-6-5-7-10-17/h5-7,9-10,12H,2-4,8,11,13-15H2,1H3/t20-/m1/s1. The topological polar surface area (TPSA) is 50.1 Å². The minimum Gasteiger partial charge on any atom is -0.431 e. The molecule has 3 heteroatoms. The number of carbonyl (C=O) groups is 1. The molecule has 0 spiro atoms. The molecule has 0 aliphatic heterocycles. The fourth-order valence-corrected chi connectivity index (χ4v) is 3.00. The van der Waals surface area contributed by atoms with Crippen molar-refractivity contribution in [2.45, 2.75) is 63.7 Å². The predicted octanol–water partition coefficient (Wildman–Crippen LogP) is 5.03. The fourth-order valence-electron chi connectivity index (χ4n) is 3.00. The van der Waals surface area contributed by atoms with Gasteiger partial charge in [-0.15, -0.1) is 0 Å². The van der Waals surface area contributed by atoms with E-state index < -0.39 is 5.41 Å². The lowest BCUT2D eigenvalue weighted by molar-refractivity contribution is -0.140. The highest BCUT2D eigenvalue weighted by Crippen LogP contribution is 2.38. The van der Waals surface area contributed by atoms with Gasteiger partial charge in [0.2, 0.25) is 0 Å². The number of hydrogen-bond acceptors (Lipinski definition) is 3. The van der Waals surface area contributed by atoms with Crippen LogP contribution in [-0.2, 0) is 14.9 Å². The van der Waals surface area contributed by atoms with Gasteiger partial charge in [-0.1, -0.05) is 56.5 Å². The molecule has 0 radical (unpaired) electrons. The van der Waals surface area contributed by atoms with Crippen molar-refractivity contribution < 1.29 is 9.53 Å². The Morgan fingerprint density at radius 2 is 2.04 bits per heavy atom. The normalized spacial score (nSPS) is 20.4. The van der Waals surface area contributed by atoms with E-state index in [9.17, 15) is 10.1 Å². The molecule has 0 N–H and O–H groups in total. The van der Waals surface area contributed by atoms with E-state index in [1.165, 1.54) is 0 Å². The number of nitrogens with zero attached hydrogens (tertiary/aromatic N) is 1. The Morgan fingerprint density at radius 1 is 1.26 bits per heavy atom. The lowest BCUT2D eigenvalue weighted by Gasteiger charge is -2.30. The Labute approximate surface area is 139 Å². The number of carbonyl (C=O) groups excluding carboxylic acids is 1. The molecular weight excluding hydrogens is 286 g/mol. The fraction of sp³-hybridized carbons (Fsp3) is 0.500. The number of esters is 1. The lowest BCUT2D eigenvalue weighted by Crippen LogP contribution is -2.27. The molecule has 0 aromatic heterocycles. The van der Waals surface area contributed by atoms with Gasteiger partial charge in [-0.3, -0.25) is 4.79 Å². The average Bonchev–Trinajstić information content (AvgIpc) is 2.60. The van der Waals surface area contributed by atoms with Crippen molar-refractivity contribution in [1.29, 1.82) is 5.26 Å². The van der Waals surface area contributed by atoms with Crippen LogP contribution in [0.5, 0.6) is 0 Å². The summed E-state index contributed by atoms with van der Waals surface area (Å²) in [5.41, 5.74) is 0.557. The molecule has 0 saturated heterocycles. The van der Waals surface area contributed by atoms with E-state index in [0.29, 0.717) is 25.7 Å². The third-order valence-corrected chi connectivity index (χ3v) is 4.50. The third-order valence-electron chi connectivity index (χ3n) is 4.50. The summed E-state index contributed by atoms with van der Waals surface area (Å²) < 4.78 is 5.46. The minimum absolute atomic E-state index is 0.142. The highest BCUT2D eigenvalue weighted by atomic mass is 16.5. The van der Waals surface area contributed by atoms with Crippen LogP contribution in [0.3, 0.4) is 0 Å². The maximum atomic E-state index is 11.8. The summed E-state index contributed by atoms with van der Waals surface area (Å²) in [6, 6.07) is 12.4. The molecule has 1 aliphatic rings. The van der Waals surface area contributed by atoms with Crippen molar-refractivity contribution in [3.8, 4) is 6.07 Å². The van der Waals surface area contributed by atoms with Gasteiger partial charge in [0, 0.05) is 12.8 Å². The molecule has 0 amide bonds. The van der Waals surface area contributed by atoms with Gasteiger partial charge < -0.3 is 4.74 Å². The summed E-state index contributed by atoms with van der Waals surface area (Å²) in [5.74, 6) is 0.587. The van der Waals surface area contributed by atoms with Gasteiger partial charge in [-0.05, 0) is 30.9 Å². The summed E-state index contributed by atoms with van der Waals surface area (Å²) in [6.45, 7) is 2.15. The van der Waals surface area contributed by atoms with Gasteiger partial charge in [-0.2, -0.15) is 5.26 Å². The average molecular weight is 311 g/mol. The van der Waals surface area contributed by atoms with Gasteiger partial charge in [0.15, 0.2) is 0 Å². The van der Waals surface area contributed by atoms with Crippen LogP contribution in [0.1, 0.15) is 63.9 Å². The molecule has 0 heterocycles. The zero-order valence-electron chi connectivity index (χ0n) is 13.9. The first-order chi connectivity index (χ1) is 11.2. The second-order valence-corrected chi connectivity index (χ2v) is 6.22. The van der Waals surface area contributed by atoms with Gasteiger partial charge in [0.05, 0.1) is 11.5 Å². The molecule has 3 nitrogen and oxygen atoms in total. The molecule has 0 fully saturated rings. The number of allylic oxidation sites excluding steroid dienone is 2. The Hall–Kier alpha value is -2.08. The number of hydrogen-bond donors (Lipinski definition) is 0. The molecular formula is C20H25NO2. The first-order valence-electron chi connectivity index (χ1n) is 8.56. The van der Waals surface area contributed by atoms with Crippen LogP contribution in [0, 0.1) is 11.3 Å². The monoisotopic (exact) mass is 311 g/mol. The third kappa shape index (κ3) is 4.69. The predicted molar refractivity (Wildman–Crippen MR) is 90.5 cm³/mol. The number of rotatable bonds is 7. The van der Waals surface area contributed by atoms with E-state index in [4.69, 9.17) is 4.74 Å². The summed E-state index contributed by atoms with van der Waals surface area (Å²) in [5, 5.41) is 9.64. The second kappa shape index (κ2) is 8.53. The molecule has 2 rings (SSSR count). The second-order valence-electron chi connectivity index (χ2n) is 6.22.